The third-order valence-electron chi connectivity index (χ3n) is 3.17. The highest BCUT2D eigenvalue weighted by Gasteiger charge is 2.13. The van der Waals surface area contributed by atoms with Crippen LogP contribution in [-0.4, -0.2) is 39.3 Å². The van der Waals surface area contributed by atoms with Crippen molar-refractivity contribution in [1.29, 1.82) is 0 Å². The predicted molar refractivity (Wildman–Crippen MR) is 68.7 cm³/mol. The van der Waals surface area contributed by atoms with Crippen LogP contribution in [0, 0.1) is 0 Å². The van der Waals surface area contributed by atoms with Gasteiger partial charge in [-0.25, -0.2) is 4.68 Å². The van der Waals surface area contributed by atoms with Crippen LogP contribution in [0.2, 0.25) is 0 Å². The number of nitrogens with zero attached hydrogens (tertiary/aromatic N) is 4. The maximum atomic E-state index is 3.88. The van der Waals surface area contributed by atoms with Gasteiger partial charge in [0.05, 0.1) is 5.69 Å². The molecule has 0 amide bonds. The fourth-order valence-corrected chi connectivity index (χ4v) is 2.21. The highest BCUT2D eigenvalue weighted by molar-refractivity contribution is 5.50. The van der Waals surface area contributed by atoms with Gasteiger partial charge in [0, 0.05) is 18.3 Å². The van der Waals surface area contributed by atoms with Gasteiger partial charge in [-0.05, 0) is 48.0 Å². The van der Waals surface area contributed by atoms with Crippen LogP contribution < -0.4 is 10.6 Å². The lowest BCUT2D eigenvalue weighted by Crippen LogP contribution is -2.29. The molecule has 3 rings (SSSR count). The van der Waals surface area contributed by atoms with E-state index in [9.17, 15) is 0 Å². The van der Waals surface area contributed by atoms with Crippen molar-refractivity contribution in [1.82, 2.24) is 25.5 Å². The molecule has 1 aliphatic rings. The molecule has 2 heterocycles. The Kier molecular flexibility index (Phi) is 3.18. The molecule has 0 aliphatic carbocycles. The summed E-state index contributed by atoms with van der Waals surface area (Å²) in [7, 11) is 0. The standard InChI is InChI=1S/C12H16N6/c1-3-10(14-8-11-4-2-6-13-11)7-12(5-1)18-9-15-16-17-18/h1,3,5,7,9,11,13-14H,2,4,6,8H2. The molecule has 1 fully saturated rings. The first-order chi connectivity index (χ1) is 8.92. The molecular formula is C12H16N6. The molecule has 0 spiro atoms. The topological polar surface area (TPSA) is 67.7 Å². The van der Waals surface area contributed by atoms with Gasteiger partial charge in [-0.1, -0.05) is 6.07 Å². The summed E-state index contributed by atoms with van der Waals surface area (Å²) >= 11 is 0. The Hall–Kier alpha value is -1.95. The van der Waals surface area contributed by atoms with Crippen LogP contribution in [-0.2, 0) is 0 Å². The molecule has 0 bridgehead atoms. The van der Waals surface area contributed by atoms with Crippen molar-refractivity contribution >= 4 is 5.69 Å². The van der Waals surface area contributed by atoms with Crippen LogP contribution in [0.3, 0.4) is 0 Å². The summed E-state index contributed by atoms with van der Waals surface area (Å²) in [5, 5.41) is 18.1. The molecule has 6 nitrogen and oxygen atoms in total. The molecule has 1 saturated heterocycles. The van der Waals surface area contributed by atoms with E-state index >= 15 is 0 Å². The average molecular weight is 244 g/mol. The Morgan fingerprint density at radius 3 is 3.22 bits per heavy atom. The zero-order chi connectivity index (χ0) is 12.2. The number of nitrogens with one attached hydrogen (secondary N) is 2. The predicted octanol–water partition coefficient (Wildman–Crippen LogP) is 0.826. The molecule has 2 N–H and O–H groups in total. The van der Waals surface area contributed by atoms with Gasteiger partial charge in [-0.3, -0.25) is 0 Å². The van der Waals surface area contributed by atoms with E-state index in [4.69, 9.17) is 0 Å². The third-order valence-corrected chi connectivity index (χ3v) is 3.17. The summed E-state index contributed by atoms with van der Waals surface area (Å²) < 4.78 is 1.65. The summed E-state index contributed by atoms with van der Waals surface area (Å²) in [4.78, 5) is 0. The number of hydrogen-bond donors (Lipinski definition) is 2. The monoisotopic (exact) mass is 244 g/mol. The van der Waals surface area contributed by atoms with E-state index in [-0.39, 0.29) is 0 Å². The van der Waals surface area contributed by atoms with Crippen LogP contribution in [0.25, 0.3) is 5.69 Å². The van der Waals surface area contributed by atoms with Crippen molar-refractivity contribution in [3.8, 4) is 5.69 Å². The van der Waals surface area contributed by atoms with Gasteiger partial charge in [-0.15, -0.1) is 5.10 Å². The molecule has 1 aliphatic heterocycles. The van der Waals surface area contributed by atoms with E-state index in [0.29, 0.717) is 6.04 Å². The quantitative estimate of drug-likeness (QED) is 0.833. The zero-order valence-corrected chi connectivity index (χ0v) is 10.1. The van der Waals surface area contributed by atoms with Gasteiger partial charge >= 0.3 is 0 Å². The maximum Gasteiger partial charge on any atom is 0.143 e. The average Bonchev–Trinajstić information content (AvgIpc) is 3.10. The lowest BCUT2D eigenvalue weighted by atomic mass is 10.2. The zero-order valence-electron chi connectivity index (χ0n) is 10.1. The fourth-order valence-electron chi connectivity index (χ4n) is 2.21. The van der Waals surface area contributed by atoms with Crippen molar-refractivity contribution < 1.29 is 0 Å². The van der Waals surface area contributed by atoms with Gasteiger partial charge in [0.15, 0.2) is 0 Å². The summed E-state index contributed by atoms with van der Waals surface area (Å²) in [6.45, 7) is 2.09. The molecule has 1 aromatic heterocycles. The molecule has 94 valence electrons. The van der Waals surface area contributed by atoms with Crippen LogP contribution in [0.15, 0.2) is 30.6 Å². The van der Waals surface area contributed by atoms with Gasteiger partial charge in [-0.2, -0.15) is 0 Å². The van der Waals surface area contributed by atoms with Gasteiger partial charge in [0.1, 0.15) is 6.33 Å². The minimum atomic E-state index is 0.585. The minimum absolute atomic E-state index is 0.585. The van der Waals surface area contributed by atoms with E-state index in [1.54, 1.807) is 11.0 Å². The van der Waals surface area contributed by atoms with Crippen LogP contribution in [0.1, 0.15) is 12.8 Å². The molecule has 1 unspecified atom stereocenters. The summed E-state index contributed by atoms with van der Waals surface area (Å²) in [5.41, 5.74) is 2.06. The molecule has 0 radical (unpaired) electrons. The number of hydrogen-bond acceptors (Lipinski definition) is 5. The first-order valence-corrected chi connectivity index (χ1v) is 6.22. The number of rotatable bonds is 4. The normalized spacial score (nSPS) is 19.0. The van der Waals surface area contributed by atoms with E-state index in [1.165, 1.54) is 12.8 Å². The Labute approximate surface area is 105 Å². The third kappa shape index (κ3) is 2.48. The molecule has 18 heavy (non-hydrogen) atoms. The molecule has 1 atom stereocenters. The first kappa shape index (κ1) is 11.2. The molecular weight excluding hydrogens is 228 g/mol. The smallest absolute Gasteiger partial charge is 0.143 e. The highest BCUT2D eigenvalue weighted by Crippen LogP contribution is 2.14. The number of tetrazole rings is 1. The van der Waals surface area contributed by atoms with Gasteiger partial charge in [0.2, 0.25) is 0 Å². The van der Waals surface area contributed by atoms with Gasteiger partial charge in [0.25, 0.3) is 0 Å². The van der Waals surface area contributed by atoms with Crippen LogP contribution >= 0.6 is 0 Å². The van der Waals surface area contributed by atoms with Crippen molar-refractivity contribution in [2.45, 2.75) is 18.9 Å². The molecule has 1 aromatic carbocycles. The maximum absolute atomic E-state index is 3.88. The summed E-state index contributed by atoms with van der Waals surface area (Å²) in [5.74, 6) is 0. The highest BCUT2D eigenvalue weighted by atomic mass is 15.5. The van der Waals surface area contributed by atoms with Crippen molar-refractivity contribution in [2.75, 3.05) is 18.4 Å². The Balaban J connectivity index is 1.67. The first-order valence-electron chi connectivity index (χ1n) is 6.22. The van der Waals surface area contributed by atoms with E-state index in [0.717, 1.165) is 24.5 Å². The van der Waals surface area contributed by atoms with Gasteiger partial charge < -0.3 is 10.6 Å². The SMILES string of the molecule is c1cc(NCC2CCCN2)cc(-n2cnnn2)c1. The second kappa shape index (κ2) is 5.14. The number of benzene rings is 1. The largest absolute Gasteiger partial charge is 0.383 e. The Bertz CT molecular complexity index is 489. The lowest BCUT2D eigenvalue weighted by Gasteiger charge is -2.13. The van der Waals surface area contributed by atoms with E-state index in [2.05, 4.69) is 32.2 Å². The minimum Gasteiger partial charge on any atom is -0.383 e. The summed E-state index contributed by atoms with van der Waals surface area (Å²) in [6, 6.07) is 8.67. The second-order valence-corrected chi connectivity index (χ2v) is 4.48. The molecule has 0 saturated carbocycles. The van der Waals surface area contributed by atoms with E-state index in [1.807, 2.05) is 18.2 Å². The fraction of sp³-hybridized carbons (Fsp3) is 0.417. The Morgan fingerprint density at radius 2 is 2.44 bits per heavy atom. The second-order valence-electron chi connectivity index (χ2n) is 4.48. The lowest BCUT2D eigenvalue weighted by molar-refractivity contribution is 0.633. The van der Waals surface area contributed by atoms with Crippen molar-refractivity contribution in [3.05, 3.63) is 30.6 Å². The molecule has 2 aromatic rings. The molecule has 6 heteroatoms. The number of aromatic nitrogens is 4. The van der Waals surface area contributed by atoms with Crippen LogP contribution in [0.5, 0.6) is 0 Å². The van der Waals surface area contributed by atoms with E-state index < -0.39 is 0 Å². The van der Waals surface area contributed by atoms with Crippen LogP contribution in [0.4, 0.5) is 5.69 Å². The van der Waals surface area contributed by atoms with Crippen molar-refractivity contribution in [3.63, 3.8) is 0 Å². The summed E-state index contributed by atoms with van der Waals surface area (Å²) in [6.07, 6.45) is 4.12. The Morgan fingerprint density at radius 1 is 1.44 bits per heavy atom. The van der Waals surface area contributed by atoms with Crippen molar-refractivity contribution in [2.24, 2.45) is 0 Å². The number of anilines is 1.